The zero-order valence-corrected chi connectivity index (χ0v) is 12.6. The molecule has 0 spiro atoms. The van der Waals surface area contributed by atoms with E-state index in [9.17, 15) is 4.39 Å². The van der Waals surface area contributed by atoms with Gasteiger partial charge >= 0.3 is 0 Å². The molecule has 2 atom stereocenters. The summed E-state index contributed by atoms with van der Waals surface area (Å²) in [6, 6.07) is 7.49. The molecule has 2 unspecified atom stereocenters. The molecule has 0 heterocycles. The fourth-order valence-electron chi connectivity index (χ4n) is 2.62. The van der Waals surface area contributed by atoms with Crippen LogP contribution in [0.5, 0.6) is 0 Å². The summed E-state index contributed by atoms with van der Waals surface area (Å²) in [4.78, 5) is 0. The molecule has 0 radical (unpaired) electrons. The summed E-state index contributed by atoms with van der Waals surface area (Å²) in [7, 11) is 1.98. The Morgan fingerprint density at radius 2 is 1.95 bits per heavy atom. The maximum absolute atomic E-state index is 13.7. The summed E-state index contributed by atoms with van der Waals surface area (Å²) < 4.78 is 13.7. The Labute approximate surface area is 117 Å². The number of nitrogens with one attached hydrogen (secondary N) is 1. The lowest BCUT2D eigenvalue weighted by atomic mass is 9.89. The van der Waals surface area contributed by atoms with Gasteiger partial charge in [0.2, 0.25) is 0 Å². The minimum absolute atomic E-state index is 0.0793. The van der Waals surface area contributed by atoms with Crippen molar-refractivity contribution in [3.8, 4) is 0 Å². The van der Waals surface area contributed by atoms with Crippen molar-refractivity contribution in [1.82, 2.24) is 5.32 Å². The number of rotatable bonds is 9. The second kappa shape index (κ2) is 9.08. The van der Waals surface area contributed by atoms with E-state index in [0.29, 0.717) is 6.04 Å². The highest BCUT2D eigenvalue weighted by atomic mass is 19.1. The molecule has 0 aliphatic heterocycles. The van der Waals surface area contributed by atoms with Crippen LogP contribution in [-0.4, -0.2) is 13.1 Å². The Morgan fingerprint density at radius 1 is 1.21 bits per heavy atom. The molecule has 19 heavy (non-hydrogen) atoms. The van der Waals surface area contributed by atoms with Crippen LogP contribution in [0.25, 0.3) is 0 Å². The van der Waals surface area contributed by atoms with Crippen LogP contribution in [0.1, 0.15) is 51.5 Å². The molecule has 1 N–H and O–H groups in total. The highest BCUT2D eigenvalue weighted by Crippen LogP contribution is 2.21. The Balaban J connectivity index is 2.55. The van der Waals surface area contributed by atoms with E-state index in [2.05, 4.69) is 19.2 Å². The van der Waals surface area contributed by atoms with Crippen LogP contribution < -0.4 is 5.32 Å². The Hall–Kier alpha value is -0.890. The number of benzene rings is 1. The largest absolute Gasteiger partial charge is 0.317 e. The maximum atomic E-state index is 13.7. The van der Waals surface area contributed by atoms with Gasteiger partial charge in [-0.15, -0.1) is 0 Å². The third-order valence-electron chi connectivity index (χ3n) is 3.99. The standard InChI is InChI=1S/C17H28FN/c1-4-6-9-14(5-2)12-16(19-3)13-15-10-7-8-11-17(15)18/h7-8,10-11,14,16,19H,4-6,9,12-13H2,1-3H3. The first-order chi connectivity index (χ1) is 9.21. The summed E-state index contributed by atoms with van der Waals surface area (Å²) in [5, 5.41) is 3.35. The van der Waals surface area contributed by atoms with Crippen molar-refractivity contribution < 1.29 is 4.39 Å². The minimum atomic E-state index is -0.0793. The predicted octanol–water partition coefficient (Wildman–Crippen LogP) is 4.56. The zero-order valence-electron chi connectivity index (χ0n) is 12.6. The number of likely N-dealkylation sites (N-methyl/N-ethyl adjacent to an activating group) is 1. The first-order valence-corrected chi connectivity index (χ1v) is 7.61. The molecular weight excluding hydrogens is 237 g/mol. The van der Waals surface area contributed by atoms with Crippen LogP contribution in [0.2, 0.25) is 0 Å². The highest BCUT2D eigenvalue weighted by molar-refractivity contribution is 5.18. The van der Waals surface area contributed by atoms with E-state index in [1.807, 2.05) is 19.2 Å². The molecule has 0 bridgehead atoms. The number of hydrogen-bond acceptors (Lipinski definition) is 1. The van der Waals surface area contributed by atoms with Crippen LogP contribution in [-0.2, 0) is 6.42 Å². The first-order valence-electron chi connectivity index (χ1n) is 7.61. The van der Waals surface area contributed by atoms with Crippen LogP contribution in [0, 0.1) is 11.7 Å². The second-order valence-corrected chi connectivity index (χ2v) is 5.43. The van der Waals surface area contributed by atoms with Gasteiger partial charge in [-0.05, 0) is 37.4 Å². The van der Waals surface area contributed by atoms with Crippen molar-refractivity contribution in [2.45, 2.75) is 58.4 Å². The van der Waals surface area contributed by atoms with Crippen molar-refractivity contribution in [3.63, 3.8) is 0 Å². The molecule has 0 amide bonds. The van der Waals surface area contributed by atoms with Gasteiger partial charge < -0.3 is 5.32 Å². The molecule has 0 fully saturated rings. The fourth-order valence-corrected chi connectivity index (χ4v) is 2.62. The number of unbranched alkanes of at least 4 members (excludes halogenated alkanes) is 1. The van der Waals surface area contributed by atoms with Crippen molar-refractivity contribution in [2.24, 2.45) is 5.92 Å². The molecule has 0 saturated heterocycles. The lowest BCUT2D eigenvalue weighted by Gasteiger charge is -2.22. The summed E-state index contributed by atoms with van der Waals surface area (Å²) in [6.07, 6.45) is 6.99. The van der Waals surface area contributed by atoms with Gasteiger partial charge in [0.15, 0.2) is 0 Å². The number of hydrogen-bond donors (Lipinski definition) is 1. The summed E-state index contributed by atoms with van der Waals surface area (Å²) in [6.45, 7) is 4.50. The Bertz CT molecular complexity index is 351. The van der Waals surface area contributed by atoms with Gasteiger partial charge in [0.1, 0.15) is 5.82 Å². The van der Waals surface area contributed by atoms with Crippen molar-refractivity contribution in [1.29, 1.82) is 0 Å². The topological polar surface area (TPSA) is 12.0 Å². The first kappa shape index (κ1) is 16.2. The van der Waals surface area contributed by atoms with Crippen LogP contribution in [0.3, 0.4) is 0 Å². The quantitative estimate of drug-likeness (QED) is 0.690. The van der Waals surface area contributed by atoms with Gasteiger partial charge in [-0.2, -0.15) is 0 Å². The Morgan fingerprint density at radius 3 is 2.53 bits per heavy atom. The molecule has 0 aromatic heterocycles. The van der Waals surface area contributed by atoms with E-state index >= 15 is 0 Å². The van der Waals surface area contributed by atoms with Crippen LogP contribution in [0.15, 0.2) is 24.3 Å². The highest BCUT2D eigenvalue weighted by Gasteiger charge is 2.15. The molecule has 0 aliphatic carbocycles. The average Bonchev–Trinajstić information content (AvgIpc) is 2.44. The van der Waals surface area contributed by atoms with Crippen molar-refractivity contribution in [3.05, 3.63) is 35.6 Å². The monoisotopic (exact) mass is 265 g/mol. The predicted molar refractivity (Wildman–Crippen MR) is 80.9 cm³/mol. The van der Waals surface area contributed by atoms with Gasteiger partial charge in [-0.25, -0.2) is 4.39 Å². The summed E-state index contributed by atoms with van der Waals surface area (Å²) in [5.74, 6) is 0.675. The summed E-state index contributed by atoms with van der Waals surface area (Å²) >= 11 is 0. The van der Waals surface area contributed by atoms with E-state index < -0.39 is 0 Å². The van der Waals surface area contributed by atoms with Gasteiger partial charge in [-0.3, -0.25) is 0 Å². The molecule has 0 aliphatic rings. The molecule has 108 valence electrons. The van der Waals surface area contributed by atoms with E-state index in [-0.39, 0.29) is 5.82 Å². The fraction of sp³-hybridized carbons (Fsp3) is 0.647. The Kier molecular flexibility index (Phi) is 7.73. The van der Waals surface area contributed by atoms with Crippen LogP contribution in [0.4, 0.5) is 4.39 Å². The molecule has 1 aromatic carbocycles. The normalized spacial score (nSPS) is 14.3. The number of halogens is 1. The van der Waals surface area contributed by atoms with Gasteiger partial charge in [0.05, 0.1) is 0 Å². The van der Waals surface area contributed by atoms with E-state index in [0.717, 1.165) is 24.3 Å². The van der Waals surface area contributed by atoms with Crippen molar-refractivity contribution >= 4 is 0 Å². The third-order valence-corrected chi connectivity index (χ3v) is 3.99. The van der Waals surface area contributed by atoms with E-state index in [1.165, 1.54) is 25.7 Å². The molecule has 0 saturated carbocycles. The summed E-state index contributed by atoms with van der Waals surface area (Å²) in [5.41, 5.74) is 0.826. The SMILES string of the molecule is CCCCC(CC)CC(Cc1ccccc1F)NC. The smallest absolute Gasteiger partial charge is 0.126 e. The van der Waals surface area contributed by atoms with Gasteiger partial charge in [0.25, 0.3) is 0 Å². The van der Waals surface area contributed by atoms with Crippen LogP contribution >= 0.6 is 0 Å². The molecule has 1 aromatic rings. The molecular formula is C17H28FN. The zero-order chi connectivity index (χ0) is 14.1. The molecule has 1 nitrogen and oxygen atoms in total. The molecule has 2 heteroatoms. The van der Waals surface area contributed by atoms with Gasteiger partial charge in [0, 0.05) is 6.04 Å². The lowest BCUT2D eigenvalue weighted by molar-refractivity contribution is 0.356. The van der Waals surface area contributed by atoms with Gasteiger partial charge in [-0.1, -0.05) is 57.7 Å². The maximum Gasteiger partial charge on any atom is 0.126 e. The third kappa shape index (κ3) is 5.73. The van der Waals surface area contributed by atoms with E-state index in [1.54, 1.807) is 12.1 Å². The van der Waals surface area contributed by atoms with Crippen molar-refractivity contribution in [2.75, 3.05) is 7.05 Å². The molecule has 1 rings (SSSR count). The van der Waals surface area contributed by atoms with E-state index in [4.69, 9.17) is 0 Å². The minimum Gasteiger partial charge on any atom is -0.317 e. The second-order valence-electron chi connectivity index (χ2n) is 5.43. The average molecular weight is 265 g/mol. The lowest BCUT2D eigenvalue weighted by Crippen LogP contribution is -2.30.